The van der Waals surface area contributed by atoms with Gasteiger partial charge in [0.05, 0.1) is 0 Å². The molecule has 1 saturated heterocycles. The largest absolute Gasteiger partial charge is 0.476 e. The summed E-state index contributed by atoms with van der Waals surface area (Å²) in [4.78, 5) is 17.8. The zero-order valence-corrected chi connectivity index (χ0v) is 9.33. The van der Waals surface area contributed by atoms with Crippen molar-refractivity contribution in [2.24, 2.45) is 0 Å². The highest BCUT2D eigenvalue weighted by molar-refractivity contribution is 5.93. The van der Waals surface area contributed by atoms with E-state index in [1.807, 2.05) is 18.2 Å². The number of aromatic nitrogens is 2. The van der Waals surface area contributed by atoms with Crippen LogP contribution in [0.3, 0.4) is 0 Å². The van der Waals surface area contributed by atoms with Gasteiger partial charge in [-0.2, -0.15) is 0 Å². The molecule has 17 heavy (non-hydrogen) atoms. The van der Waals surface area contributed by atoms with Gasteiger partial charge in [-0.3, -0.25) is 4.40 Å². The Bertz CT molecular complexity index is 570. The Balaban J connectivity index is 2.22. The average molecular weight is 231 g/mol. The lowest BCUT2D eigenvalue weighted by Crippen LogP contribution is -2.21. The number of pyridine rings is 1. The van der Waals surface area contributed by atoms with Crippen LogP contribution in [-0.2, 0) is 0 Å². The second-order valence-corrected chi connectivity index (χ2v) is 4.21. The Kier molecular flexibility index (Phi) is 2.24. The first-order valence-electron chi connectivity index (χ1n) is 5.73. The molecule has 2 aromatic rings. The number of aromatic carboxylic acids is 1. The van der Waals surface area contributed by atoms with Gasteiger partial charge in [-0.05, 0) is 25.0 Å². The molecule has 0 atom stereocenters. The fourth-order valence-electron chi connectivity index (χ4n) is 2.33. The third-order valence-corrected chi connectivity index (χ3v) is 3.12. The minimum absolute atomic E-state index is 0.266. The van der Waals surface area contributed by atoms with Crippen molar-refractivity contribution in [2.45, 2.75) is 12.8 Å². The van der Waals surface area contributed by atoms with E-state index in [0.717, 1.165) is 25.9 Å². The lowest BCUT2D eigenvalue weighted by molar-refractivity contribution is 0.0690. The standard InChI is InChI=1S/C12H13N3O2/c16-12(17)10-11(14-6-3-4-7-14)13-9-5-1-2-8-15(9)10/h1-2,5,8H,3-4,6-7H2,(H,16,17). The van der Waals surface area contributed by atoms with Gasteiger partial charge in [-0.1, -0.05) is 6.07 Å². The predicted molar refractivity (Wildman–Crippen MR) is 63.6 cm³/mol. The van der Waals surface area contributed by atoms with Crippen LogP contribution in [0.25, 0.3) is 5.65 Å². The first-order valence-corrected chi connectivity index (χ1v) is 5.73. The quantitative estimate of drug-likeness (QED) is 0.853. The number of anilines is 1. The maximum absolute atomic E-state index is 11.4. The molecule has 0 spiro atoms. The monoisotopic (exact) mass is 231 g/mol. The highest BCUT2D eigenvalue weighted by atomic mass is 16.4. The number of hydrogen-bond donors (Lipinski definition) is 1. The maximum Gasteiger partial charge on any atom is 0.356 e. The smallest absolute Gasteiger partial charge is 0.356 e. The number of fused-ring (bicyclic) bond motifs is 1. The van der Waals surface area contributed by atoms with Gasteiger partial charge in [-0.25, -0.2) is 9.78 Å². The summed E-state index contributed by atoms with van der Waals surface area (Å²) < 4.78 is 1.63. The van der Waals surface area contributed by atoms with Crippen LogP contribution in [0.5, 0.6) is 0 Å². The highest BCUT2D eigenvalue weighted by Crippen LogP contribution is 2.25. The van der Waals surface area contributed by atoms with Crippen molar-refractivity contribution in [1.82, 2.24) is 9.38 Å². The van der Waals surface area contributed by atoms with E-state index in [4.69, 9.17) is 0 Å². The molecule has 88 valence electrons. The van der Waals surface area contributed by atoms with Crippen LogP contribution in [0.2, 0.25) is 0 Å². The van der Waals surface area contributed by atoms with E-state index >= 15 is 0 Å². The average Bonchev–Trinajstić information content (AvgIpc) is 2.95. The van der Waals surface area contributed by atoms with Crippen LogP contribution >= 0.6 is 0 Å². The number of imidazole rings is 1. The van der Waals surface area contributed by atoms with Crippen molar-refractivity contribution >= 4 is 17.4 Å². The van der Waals surface area contributed by atoms with E-state index in [1.54, 1.807) is 10.6 Å². The normalized spacial score (nSPS) is 15.6. The van der Waals surface area contributed by atoms with E-state index in [2.05, 4.69) is 9.88 Å². The van der Waals surface area contributed by atoms with Crippen molar-refractivity contribution < 1.29 is 9.90 Å². The summed E-state index contributed by atoms with van der Waals surface area (Å²) in [6.07, 6.45) is 3.95. The van der Waals surface area contributed by atoms with E-state index in [-0.39, 0.29) is 5.69 Å². The van der Waals surface area contributed by atoms with Crippen LogP contribution in [0, 0.1) is 0 Å². The number of nitrogens with zero attached hydrogens (tertiary/aromatic N) is 3. The summed E-state index contributed by atoms with van der Waals surface area (Å²) in [6, 6.07) is 5.50. The molecule has 0 unspecified atom stereocenters. The van der Waals surface area contributed by atoms with Crippen LogP contribution in [0.15, 0.2) is 24.4 Å². The lowest BCUT2D eigenvalue weighted by atomic mass is 10.4. The first-order chi connectivity index (χ1) is 8.27. The molecular formula is C12H13N3O2. The Labute approximate surface area is 98.3 Å². The van der Waals surface area contributed by atoms with Crippen molar-refractivity contribution in [3.8, 4) is 0 Å². The molecule has 0 bridgehead atoms. The molecule has 5 heteroatoms. The number of carbonyl (C=O) groups is 1. The second-order valence-electron chi connectivity index (χ2n) is 4.21. The molecular weight excluding hydrogens is 218 g/mol. The Morgan fingerprint density at radius 1 is 1.29 bits per heavy atom. The van der Waals surface area contributed by atoms with Gasteiger partial charge in [0.1, 0.15) is 5.65 Å². The molecule has 2 aromatic heterocycles. The number of rotatable bonds is 2. The second kappa shape index (κ2) is 3.76. The molecule has 0 saturated carbocycles. The van der Waals surface area contributed by atoms with Gasteiger partial charge < -0.3 is 10.0 Å². The Morgan fingerprint density at radius 2 is 2.06 bits per heavy atom. The van der Waals surface area contributed by atoms with Gasteiger partial charge in [0.2, 0.25) is 0 Å². The van der Waals surface area contributed by atoms with Crippen LogP contribution in [0.4, 0.5) is 5.82 Å². The third-order valence-electron chi connectivity index (χ3n) is 3.12. The summed E-state index contributed by atoms with van der Waals surface area (Å²) in [5.74, 6) is -0.327. The SMILES string of the molecule is O=C(O)c1c(N2CCCC2)nc2ccccn12. The predicted octanol–water partition coefficient (Wildman–Crippen LogP) is 1.63. The molecule has 1 N–H and O–H groups in total. The molecule has 5 nitrogen and oxygen atoms in total. The Morgan fingerprint density at radius 3 is 2.76 bits per heavy atom. The summed E-state index contributed by atoms with van der Waals surface area (Å²) in [5, 5.41) is 9.33. The van der Waals surface area contributed by atoms with Crippen molar-refractivity contribution in [3.63, 3.8) is 0 Å². The molecule has 3 rings (SSSR count). The van der Waals surface area contributed by atoms with Crippen LogP contribution in [0.1, 0.15) is 23.3 Å². The summed E-state index contributed by atoms with van der Waals surface area (Å²) in [6.45, 7) is 1.79. The third kappa shape index (κ3) is 1.54. The molecule has 0 aromatic carbocycles. The topological polar surface area (TPSA) is 57.8 Å². The van der Waals surface area contributed by atoms with E-state index in [9.17, 15) is 9.90 Å². The minimum atomic E-state index is -0.925. The van der Waals surface area contributed by atoms with Gasteiger partial charge in [0.25, 0.3) is 0 Å². The van der Waals surface area contributed by atoms with E-state index in [0.29, 0.717) is 11.5 Å². The molecule has 0 aliphatic carbocycles. The zero-order chi connectivity index (χ0) is 11.8. The van der Waals surface area contributed by atoms with Gasteiger partial charge in [0, 0.05) is 19.3 Å². The molecule has 0 amide bonds. The van der Waals surface area contributed by atoms with Crippen molar-refractivity contribution in [1.29, 1.82) is 0 Å². The Hall–Kier alpha value is -2.04. The van der Waals surface area contributed by atoms with E-state index < -0.39 is 5.97 Å². The lowest BCUT2D eigenvalue weighted by Gasteiger charge is -2.14. The molecule has 3 heterocycles. The van der Waals surface area contributed by atoms with Crippen molar-refractivity contribution in [2.75, 3.05) is 18.0 Å². The van der Waals surface area contributed by atoms with Crippen LogP contribution in [-0.4, -0.2) is 33.6 Å². The van der Waals surface area contributed by atoms with E-state index in [1.165, 1.54) is 0 Å². The summed E-state index contributed by atoms with van der Waals surface area (Å²) >= 11 is 0. The van der Waals surface area contributed by atoms with Gasteiger partial charge >= 0.3 is 5.97 Å². The molecule has 1 aliphatic heterocycles. The van der Waals surface area contributed by atoms with Gasteiger partial charge in [-0.15, -0.1) is 0 Å². The van der Waals surface area contributed by atoms with Gasteiger partial charge in [0.15, 0.2) is 11.5 Å². The fourth-order valence-corrected chi connectivity index (χ4v) is 2.33. The zero-order valence-electron chi connectivity index (χ0n) is 9.33. The number of carboxylic acids is 1. The maximum atomic E-state index is 11.4. The number of carboxylic acid groups (broad SMARTS) is 1. The first kappa shape index (κ1) is 10.1. The van der Waals surface area contributed by atoms with Crippen molar-refractivity contribution in [3.05, 3.63) is 30.1 Å². The summed E-state index contributed by atoms with van der Waals surface area (Å²) in [5.41, 5.74) is 0.953. The molecule has 1 fully saturated rings. The minimum Gasteiger partial charge on any atom is -0.476 e. The molecule has 1 aliphatic rings. The highest BCUT2D eigenvalue weighted by Gasteiger charge is 2.24. The number of hydrogen-bond acceptors (Lipinski definition) is 3. The van der Waals surface area contributed by atoms with Crippen LogP contribution < -0.4 is 4.90 Å². The molecule has 0 radical (unpaired) electrons. The fraction of sp³-hybridized carbons (Fsp3) is 0.333. The summed E-state index contributed by atoms with van der Waals surface area (Å²) in [7, 11) is 0.